The number of halogens is 2. The molecule has 152 valence electrons. The van der Waals surface area contributed by atoms with Gasteiger partial charge < -0.3 is 14.2 Å². The summed E-state index contributed by atoms with van der Waals surface area (Å²) in [5, 5.41) is 2.53. The van der Waals surface area contributed by atoms with Crippen molar-refractivity contribution < 1.29 is 19.0 Å². The highest BCUT2D eigenvalue weighted by molar-refractivity contribution is 9.10. The van der Waals surface area contributed by atoms with Crippen LogP contribution >= 0.6 is 38.9 Å². The number of esters is 1. The highest BCUT2D eigenvalue weighted by Crippen LogP contribution is 2.38. The second kappa shape index (κ2) is 9.04. The number of hydrogen-bond acceptors (Lipinski definition) is 6. The molecule has 2 heterocycles. The van der Waals surface area contributed by atoms with Gasteiger partial charge in [0.15, 0.2) is 17.2 Å². The number of carbonyl (C=O) groups excluding carboxylic acids is 1. The Morgan fingerprint density at radius 3 is 2.80 bits per heavy atom. The van der Waals surface area contributed by atoms with Gasteiger partial charge in [0.2, 0.25) is 5.90 Å². The van der Waals surface area contributed by atoms with E-state index in [1.165, 1.54) is 11.3 Å². The summed E-state index contributed by atoms with van der Waals surface area (Å²) in [6.07, 6.45) is 1.65. The van der Waals surface area contributed by atoms with Crippen LogP contribution in [0.15, 0.2) is 69.1 Å². The van der Waals surface area contributed by atoms with Crippen LogP contribution in [0.5, 0.6) is 11.5 Å². The van der Waals surface area contributed by atoms with Gasteiger partial charge in [-0.3, -0.25) is 0 Å². The van der Waals surface area contributed by atoms with Crippen LogP contribution in [0.1, 0.15) is 16.0 Å². The third-order valence-corrected chi connectivity index (χ3v) is 6.05. The number of benzene rings is 2. The fourth-order valence-electron chi connectivity index (χ4n) is 2.80. The lowest BCUT2D eigenvalue weighted by atomic mass is 10.1. The molecule has 5 nitrogen and oxygen atoms in total. The highest BCUT2D eigenvalue weighted by Gasteiger charge is 2.25. The molecular formula is C22H15BrClNO4S. The summed E-state index contributed by atoms with van der Waals surface area (Å²) in [6, 6.07) is 14.8. The van der Waals surface area contributed by atoms with E-state index in [0.717, 1.165) is 10.4 Å². The number of hydrogen-bond donors (Lipinski definition) is 0. The maximum atomic E-state index is 12.2. The fraction of sp³-hybridized carbons (Fsp3) is 0.0909. The summed E-state index contributed by atoms with van der Waals surface area (Å²) in [5.41, 5.74) is 1.80. The Labute approximate surface area is 190 Å². The smallest absolute Gasteiger partial charge is 0.363 e. The third kappa shape index (κ3) is 4.43. The average Bonchev–Trinajstić information content (AvgIpc) is 3.38. The third-order valence-electron chi connectivity index (χ3n) is 4.24. The Bertz CT molecular complexity index is 1160. The highest BCUT2D eigenvalue weighted by atomic mass is 79.9. The summed E-state index contributed by atoms with van der Waals surface area (Å²) in [7, 11) is 1.55. The molecular weight excluding hydrogens is 490 g/mol. The lowest BCUT2D eigenvalue weighted by Crippen LogP contribution is -2.03. The minimum atomic E-state index is -0.493. The van der Waals surface area contributed by atoms with E-state index in [0.29, 0.717) is 32.5 Å². The number of thiophene rings is 1. The molecule has 2 aromatic carbocycles. The van der Waals surface area contributed by atoms with E-state index < -0.39 is 5.97 Å². The van der Waals surface area contributed by atoms with E-state index in [1.54, 1.807) is 19.3 Å². The first kappa shape index (κ1) is 20.7. The van der Waals surface area contributed by atoms with Crippen LogP contribution in [-0.2, 0) is 16.1 Å². The SMILES string of the molecule is COc1cc(/C=C2/N=C(c3cccs3)OC2=O)cc(Br)c1OCc1ccccc1Cl. The van der Waals surface area contributed by atoms with Crippen LogP contribution in [0.25, 0.3) is 6.08 Å². The Kier molecular flexibility index (Phi) is 6.22. The van der Waals surface area contributed by atoms with Crippen molar-refractivity contribution in [3.05, 3.63) is 85.1 Å². The molecule has 0 saturated heterocycles. The number of ether oxygens (including phenoxy) is 3. The van der Waals surface area contributed by atoms with Crippen molar-refractivity contribution in [2.24, 2.45) is 4.99 Å². The zero-order chi connectivity index (χ0) is 21.1. The number of rotatable bonds is 6. The molecule has 0 saturated carbocycles. The van der Waals surface area contributed by atoms with Gasteiger partial charge in [0.25, 0.3) is 0 Å². The van der Waals surface area contributed by atoms with Gasteiger partial charge >= 0.3 is 5.97 Å². The van der Waals surface area contributed by atoms with E-state index in [4.69, 9.17) is 25.8 Å². The van der Waals surface area contributed by atoms with Gasteiger partial charge in [-0.2, -0.15) is 0 Å². The van der Waals surface area contributed by atoms with Gasteiger partial charge in [-0.15, -0.1) is 11.3 Å². The van der Waals surface area contributed by atoms with E-state index in [2.05, 4.69) is 20.9 Å². The molecule has 0 amide bonds. The fourth-order valence-corrected chi connectivity index (χ4v) is 4.21. The number of aliphatic imine (C=N–C) groups is 1. The van der Waals surface area contributed by atoms with Crippen molar-refractivity contribution in [3.63, 3.8) is 0 Å². The van der Waals surface area contributed by atoms with E-state index in [-0.39, 0.29) is 12.3 Å². The summed E-state index contributed by atoms with van der Waals surface area (Å²) in [5.74, 6) is 0.868. The largest absolute Gasteiger partial charge is 0.493 e. The molecule has 0 N–H and O–H groups in total. The van der Waals surface area contributed by atoms with Gasteiger partial charge in [0.1, 0.15) is 6.61 Å². The molecule has 4 rings (SSSR count). The van der Waals surface area contributed by atoms with Gasteiger partial charge in [0, 0.05) is 10.6 Å². The second-order valence-corrected chi connectivity index (χ2v) is 8.44. The quantitative estimate of drug-likeness (QED) is 0.301. The molecule has 3 aromatic rings. The summed E-state index contributed by atoms with van der Waals surface area (Å²) >= 11 is 11.2. The molecule has 0 spiro atoms. The van der Waals surface area contributed by atoms with Crippen LogP contribution in [0.3, 0.4) is 0 Å². The predicted molar refractivity (Wildman–Crippen MR) is 121 cm³/mol. The first-order valence-electron chi connectivity index (χ1n) is 8.85. The van der Waals surface area contributed by atoms with Crippen LogP contribution in [-0.4, -0.2) is 19.0 Å². The molecule has 8 heteroatoms. The number of cyclic esters (lactones) is 1. The van der Waals surface area contributed by atoms with Gasteiger partial charge in [0.05, 0.1) is 16.5 Å². The van der Waals surface area contributed by atoms with Crippen LogP contribution in [0.4, 0.5) is 0 Å². The van der Waals surface area contributed by atoms with Gasteiger partial charge in [-0.05, 0) is 57.2 Å². The monoisotopic (exact) mass is 503 g/mol. The maximum Gasteiger partial charge on any atom is 0.363 e. The zero-order valence-electron chi connectivity index (χ0n) is 15.7. The van der Waals surface area contributed by atoms with E-state index >= 15 is 0 Å². The average molecular weight is 505 g/mol. The first-order valence-corrected chi connectivity index (χ1v) is 10.9. The molecule has 0 radical (unpaired) electrons. The number of carbonyl (C=O) groups is 1. The minimum absolute atomic E-state index is 0.220. The minimum Gasteiger partial charge on any atom is -0.493 e. The van der Waals surface area contributed by atoms with Crippen molar-refractivity contribution >= 4 is 56.8 Å². The summed E-state index contributed by atoms with van der Waals surface area (Å²) in [4.78, 5) is 17.3. The molecule has 1 aliphatic heterocycles. The number of nitrogens with zero attached hydrogens (tertiary/aromatic N) is 1. The Morgan fingerprint density at radius 2 is 2.07 bits per heavy atom. The molecule has 0 fully saturated rings. The lowest BCUT2D eigenvalue weighted by molar-refractivity contribution is -0.129. The normalized spacial score (nSPS) is 14.6. The van der Waals surface area contributed by atoms with Crippen LogP contribution < -0.4 is 9.47 Å². The van der Waals surface area contributed by atoms with Gasteiger partial charge in [-0.1, -0.05) is 35.9 Å². The summed E-state index contributed by atoms with van der Waals surface area (Å²) in [6.45, 7) is 0.288. The van der Waals surface area contributed by atoms with Crippen molar-refractivity contribution in [2.45, 2.75) is 6.61 Å². The molecule has 0 unspecified atom stereocenters. The van der Waals surface area contributed by atoms with Crippen LogP contribution in [0, 0.1) is 0 Å². The Hall–Kier alpha value is -2.61. The molecule has 1 aliphatic rings. The van der Waals surface area contributed by atoms with Gasteiger partial charge in [-0.25, -0.2) is 9.79 Å². The van der Waals surface area contributed by atoms with E-state index in [1.807, 2.05) is 47.8 Å². The van der Waals surface area contributed by atoms with Crippen LogP contribution in [0.2, 0.25) is 5.02 Å². The lowest BCUT2D eigenvalue weighted by Gasteiger charge is -2.14. The topological polar surface area (TPSA) is 57.1 Å². The summed E-state index contributed by atoms with van der Waals surface area (Å²) < 4.78 is 17.4. The van der Waals surface area contributed by atoms with E-state index in [9.17, 15) is 4.79 Å². The second-order valence-electron chi connectivity index (χ2n) is 6.23. The maximum absolute atomic E-state index is 12.2. The number of methoxy groups -OCH3 is 1. The molecule has 30 heavy (non-hydrogen) atoms. The Morgan fingerprint density at radius 1 is 1.23 bits per heavy atom. The molecule has 1 aromatic heterocycles. The van der Waals surface area contributed by atoms with Crippen molar-refractivity contribution in [3.8, 4) is 11.5 Å². The van der Waals surface area contributed by atoms with Crippen molar-refractivity contribution in [2.75, 3.05) is 7.11 Å². The molecule has 0 atom stereocenters. The molecule has 0 aliphatic carbocycles. The zero-order valence-corrected chi connectivity index (χ0v) is 18.9. The Balaban J connectivity index is 1.60. The standard InChI is InChI=1S/C22H15BrClNO4S/c1-27-18-11-13(10-17-22(26)29-21(25-17)19-7-4-8-30-19)9-15(23)20(18)28-12-14-5-2-3-6-16(14)24/h2-11H,12H2,1H3/b17-10+. The first-order chi connectivity index (χ1) is 14.5. The predicted octanol–water partition coefficient (Wildman–Crippen LogP) is 6.10. The molecule has 0 bridgehead atoms. The van der Waals surface area contributed by atoms with Crippen molar-refractivity contribution in [1.29, 1.82) is 0 Å². The van der Waals surface area contributed by atoms with Crippen molar-refractivity contribution in [1.82, 2.24) is 0 Å².